The summed E-state index contributed by atoms with van der Waals surface area (Å²) >= 11 is 0. The van der Waals surface area contributed by atoms with Gasteiger partial charge in [0.1, 0.15) is 18.2 Å². The van der Waals surface area contributed by atoms with Crippen molar-refractivity contribution < 1.29 is 46.1 Å². The quantitative estimate of drug-likeness (QED) is 0.0225. The van der Waals surface area contributed by atoms with Crippen molar-refractivity contribution in [2.24, 2.45) is 8.80 Å². The van der Waals surface area contributed by atoms with Crippen LogP contribution in [0.1, 0.15) is 24.1 Å². The number of isocyanates is 2. The molecule has 0 bridgehead atoms. The Morgan fingerprint density at radius 3 is 1.03 bits per heavy atom. The number of benzene rings is 5. The molecular formula is C46H33Cl2N15O14S2. The molecular weight excluding hydrogens is 1120 g/mol. The molecule has 0 spiro atoms. The fourth-order valence-corrected chi connectivity index (χ4v) is 6.61. The number of fused-ring (bicyclic) bond motifs is 5. The third-order valence-corrected chi connectivity index (χ3v) is 10.6. The number of nitro benzene ring substituents is 4. The van der Waals surface area contributed by atoms with E-state index >= 15 is 0 Å². The average molecular weight is 1150 g/mol. The van der Waals surface area contributed by atoms with Gasteiger partial charge in [0.05, 0.1) is 58.5 Å². The number of nitrogens with two attached hydrogens (primary N) is 1. The second-order valence-electron chi connectivity index (χ2n) is 14.4. The Balaban J connectivity index is 0.000000245. The number of aromatic amines is 5. The second kappa shape index (κ2) is 28.5. The largest absolute Gasteiger partial charge is 0.399 e. The third kappa shape index (κ3) is 18.7. The molecule has 0 aliphatic heterocycles. The minimum atomic E-state index is -4.00. The Hall–Kier alpha value is -11.1. The molecule has 5 aromatic carbocycles. The molecule has 0 radical (unpaired) electrons. The summed E-state index contributed by atoms with van der Waals surface area (Å²) in [5.74, 6) is 0. The lowest BCUT2D eigenvalue weighted by molar-refractivity contribution is -0.384. The van der Waals surface area contributed by atoms with Gasteiger partial charge in [-0.05, 0) is 65.4 Å². The highest BCUT2D eigenvalue weighted by atomic mass is 35.7. The number of hydrogen-bond acceptors (Lipinski definition) is 18. The Labute approximate surface area is 451 Å². The highest BCUT2D eigenvalue weighted by Crippen LogP contribution is 2.25. The van der Waals surface area contributed by atoms with E-state index in [4.69, 9.17) is 31.1 Å². The number of nitrogens with one attached hydrogen (secondary N) is 5. The first-order valence-corrected chi connectivity index (χ1v) is 25.0. The van der Waals surface area contributed by atoms with E-state index in [1.807, 2.05) is 36.4 Å². The highest BCUT2D eigenvalue weighted by molar-refractivity contribution is 8.13. The van der Waals surface area contributed by atoms with Gasteiger partial charge in [-0.25, -0.2) is 9.59 Å². The zero-order valence-corrected chi connectivity index (χ0v) is 41.7. The van der Waals surface area contributed by atoms with Gasteiger partial charge in [-0.2, -0.15) is 32.6 Å². The van der Waals surface area contributed by atoms with Gasteiger partial charge in [-0.3, -0.25) is 40.5 Å². The number of halogens is 2. The van der Waals surface area contributed by atoms with Gasteiger partial charge in [-0.15, -0.1) is 0 Å². The number of hydrogen-bond donors (Lipinski definition) is 6. The topological polar surface area (TPSA) is 476 Å². The van der Waals surface area contributed by atoms with Gasteiger partial charge >= 0.3 is 18.5 Å². The SMILES string of the molecule is C.N#Cc1c[nH]c2cc(N)ccc12.N#Cc1c[nH]c2cc([N+](=O)[O-])ccc12.N#Cc1c[nH]c2cc([N+](=O)[O-])ccc12.O=C=NS(=O)(=O)Cl.O=C=NS(=O)(=O)Cl.O=[N+]([O-])c1ccc2cc[nH]c2c1.O=[N+]([O-])c1ccc2cc[nH]c2c1. The summed E-state index contributed by atoms with van der Waals surface area (Å²) in [6, 6.07) is 33.5. The van der Waals surface area contributed by atoms with E-state index in [0.29, 0.717) is 44.2 Å². The van der Waals surface area contributed by atoms with Gasteiger partial charge in [0, 0.05) is 128 Å². The van der Waals surface area contributed by atoms with E-state index in [9.17, 15) is 57.3 Å². The molecule has 0 unspecified atom stereocenters. The van der Waals surface area contributed by atoms with Crippen molar-refractivity contribution in [1.29, 1.82) is 15.8 Å². The number of nitrogens with zero attached hydrogens (tertiary/aromatic N) is 9. The van der Waals surface area contributed by atoms with Gasteiger partial charge < -0.3 is 30.7 Å². The predicted molar refractivity (Wildman–Crippen MR) is 289 cm³/mol. The average Bonchev–Trinajstić information content (AvgIpc) is 4.32. The number of anilines is 1. The Bertz CT molecular complexity index is 4120. The number of H-pyrrole nitrogens is 5. The van der Waals surface area contributed by atoms with Crippen LogP contribution in [0.4, 0.5) is 28.4 Å². The van der Waals surface area contributed by atoms with Crippen molar-refractivity contribution in [3.63, 3.8) is 0 Å². The molecule has 0 fully saturated rings. The molecule has 0 atom stereocenters. The second-order valence-corrected chi connectivity index (χ2v) is 18.8. The number of nitrogen functional groups attached to an aromatic ring is 1. The van der Waals surface area contributed by atoms with Crippen LogP contribution in [0.15, 0.2) is 143 Å². The molecule has 10 rings (SSSR count). The lowest BCUT2D eigenvalue weighted by Gasteiger charge is -1.92. The van der Waals surface area contributed by atoms with Crippen molar-refractivity contribution in [2.45, 2.75) is 7.43 Å². The maximum Gasteiger partial charge on any atom is 0.350 e. The fourth-order valence-electron chi connectivity index (χ4n) is 6.26. The first-order valence-electron chi connectivity index (χ1n) is 20.5. The number of non-ortho nitro benzene ring substituents is 4. The number of nitriles is 3. The first kappa shape index (κ1) is 62.2. The number of rotatable bonds is 6. The minimum Gasteiger partial charge on any atom is -0.399 e. The maximum atomic E-state index is 10.4. The molecule has 79 heavy (non-hydrogen) atoms. The van der Waals surface area contributed by atoms with Crippen LogP contribution in [0.2, 0.25) is 0 Å². The Morgan fingerprint density at radius 2 is 0.747 bits per heavy atom. The lowest BCUT2D eigenvalue weighted by Crippen LogP contribution is -1.86. The van der Waals surface area contributed by atoms with Crippen LogP contribution in [0.5, 0.6) is 0 Å². The van der Waals surface area contributed by atoms with Crippen LogP contribution in [0.3, 0.4) is 0 Å². The molecule has 29 nitrogen and oxygen atoms in total. The van der Waals surface area contributed by atoms with Gasteiger partial charge in [-0.1, -0.05) is 16.2 Å². The number of aromatic nitrogens is 5. The standard InChI is InChI=1S/2C9H5N3O2.C9H7N3.2C8H6N2O2.2CClNO3S.CH4/c2*10-4-6-5-11-9-3-7(12(13)14)1-2-8(6)9;10-4-6-5-12-9-3-7(11)1-2-8(6)9;2*11-10(12)7-2-1-6-3-4-9-8(6)5-7;2*2-7(5,6)3-1-4;/h2*1-3,5,11H;1-3,5,12H,11H2;2*1-5,9H;;;1H4. The van der Waals surface area contributed by atoms with Crippen LogP contribution in [-0.2, 0) is 28.1 Å². The molecule has 33 heteroatoms. The van der Waals surface area contributed by atoms with Gasteiger partial charge in [0.25, 0.3) is 34.9 Å². The summed E-state index contributed by atoms with van der Waals surface area (Å²) < 4.78 is 42.6. The van der Waals surface area contributed by atoms with Crippen LogP contribution in [-0.4, -0.2) is 73.6 Å². The zero-order chi connectivity index (χ0) is 57.7. The van der Waals surface area contributed by atoms with Crippen LogP contribution < -0.4 is 5.73 Å². The summed E-state index contributed by atoms with van der Waals surface area (Å²) in [5.41, 5.74) is 11.9. The molecule has 5 aromatic heterocycles. The maximum absolute atomic E-state index is 10.4. The smallest absolute Gasteiger partial charge is 0.350 e. The molecule has 0 amide bonds. The summed E-state index contributed by atoms with van der Waals surface area (Å²) in [4.78, 5) is 72.4. The van der Waals surface area contributed by atoms with E-state index in [2.05, 4.69) is 61.1 Å². The van der Waals surface area contributed by atoms with E-state index < -0.39 is 38.2 Å². The van der Waals surface area contributed by atoms with E-state index in [-0.39, 0.29) is 30.2 Å². The summed E-state index contributed by atoms with van der Waals surface area (Å²) in [6.45, 7) is 0. The zero-order valence-electron chi connectivity index (χ0n) is 38.6. The van der Waals surface area contributed by atoms with Crippen LogP contribution in [0, 0.1) is 74.5 Å². The highest BCUT2D eigenvalue weighted by Gasteiger charge is 2.11. The monoisotopic (exact) mass is 1150 g/mol. The first-order chi connectivity index (χ1) is 36.9. The Kier molecular flexibility index (Phi) is 22.5. The molecule has 5 heterocycles. The van der Waals surface area contributed by atoms with Crippen molar-refractivity contribution in [3.8, 4) is 18.2 Å². The molecule has 402 valence electrons. The van der Waals surface area contributed by atoms with Crippen molar-refractivity contribution in [2.75, 3.05) is 5.73 Å². The van der Waals surface area contributed by atoms with Crippen molar-refractivity contribution in [1.82, 2.24) is 24.9 Å². The molecule has 0 saturated heterocycles. The number of carbonyl (C=O) groups excluding carboxylic acids is 2. The summed E-state index contributed by atoms with van der Waals surface area (Å²) in [5, 5.41) is 72.0. The van der Waals surface area contributed by atoms with E-state index in [1.165, 1.54) is 60.9 Å². The van der Waals surface area contributed by atoms with Gasteiger partial charge in [0.15, 0.2) is 0 Å². The normalized spacial score (nSPS) is 9.91. The van der Waals surface area contributed by atoms with Gasteiger partial charge in [0.2, 0.25) is 0 Å². The lowest BCUT2D eigenvalue weighted by atomic mass is 10.2. The molecule has 0 aliphatic carbocycles. The van der Waals surface area contributed by atoms with E-state index in [0.717, 1.165) is 44.9 Å². The molecule has 7 N–H and O–H groups in total. The third-order valence-electron chi connectivity index (χ3n) is 9.61. The molecule has 0 saturated carbocycles. The molecule has 10 aromatic rings. The minimum absolute atomic E-state index is 0. The molecule has 0 aliphatic rings. The van der Waals surface area contributed by atoms with Crippen LogP contribution in [0.25, 0.3) is 54.5 Å². The van der Waals surface area contributed by atoms with Crippen LogP contribution >= 0.6 is 21.4 Å². The summed E-state index contributed by atoms with van der Waals surface area (Å²) in [6.07, 6.45) is 9.80. The van der Waals surface area contributed by atoms with Crippen molar-refractivity contribution in [3.05, 3.63) is 191 Å². The van der Waals surface area contributed by atoms with Crippen molar-refractivity contribution >= 4 is 135 Å². The predicted octanol–water partition coefficient (Wildman–Crippen LogP) is 9.92. The fraction of sp³-hybridized carbons (Fsp3) is 0.0217. The Morgan fingerprint density at radius 1 is 0.456 bits per heavy atom. The van der Waals surface area contributed by atoms with E-state index in [1.54, 1.807) is 48.9 Å². The number of nitro groups is 4. The summed E-state index contributed by atoms with van der Waals surface area (Å²) in [7, 11) is 0.752.